The molecule has 1 nitrogen and oxygen atoms in total. The molecule has 0 aliphatic carbocycles. The van der Waals surface area contributed by atoms with E-state index in [0.29, 0.717) is 0 Å². The molecule has 0 aliphatic heterocycles. The second kappa shape index (κ2) is 6.02. The highest BCUT2D eigenvalue weighted by Crippen LogP contribution is 2.26. The molecule has 0 saturated heterocycles. The summed E-state index contributed by atoms with van der Waals surface area (Å²) in [5, 5.41) is 0. The van der Waals surface area contributed by atoms with Crippen LogP contribution in [0.15, 0.2) is 34.8 Å². The van der Waals surface area contributed by atoms with Gasteiger partial charge in [-0.25, -0.2) is 8.78 Å². The van der Waals surface area contributed by atoms with E-state index in [1.54, 1.807) is 0 Å². The van der Waals surface area contributed by atoms with Gasteiger partial charge in [0.2, 0.25) is 0 Å². The Labute approximate surface area is 125 Å². The van der Waals surface area contributed by atoms with Crippen molar-refractivity contribution in [1.29, 1.82) is 0 Å². The van der Waals surface area contributed by atoms with Gasteiger partial charge < -0.3 is 5.73 Å². The predicted octanol–water partition coefficient (Wildman–Crippen LogP) is 4.59. The van der Waals surface area contributed by atoms with Gasteiger partial charge in [-0.3, -0.25) is 0 Å². The minimum Gasteiger partial charge on any atom is -0.324 e. The fourth-order valence-electron chi connectivity index (χ4n) is 2.32. The minimum atomic E-state index is -0.579. The van der Waals surface area contributed by atoms with Crippen LogP contribution < -0.4 is 5.73 Å². The van der Waals surface area contributed by atoms with Gasteiger partial charge in [0.15, 0.2) is 0 Å². The molecule has 0 saturated carbocycles. The maximum Gasteiger partial charge on any atom is 0.143 e. The third-order valence-electron chi connectivity index (χ3n) is 3.24. The topological polar surface area (TPSA) is 26.0 Å². The molecular weight excluding hydrogens is 324 g/mol. The molecule has 4 heteroatoms. The lowest BCUT2D eigenvalue weighted by molar-refractivity contribution is 0.536. The van der Waals surface area contributed by atoms with Gasteiger partial charge in [0, 0.05) is 11.6 Å². The highest BCUT2D eigenvalue weighted by Gasteiger charge is 2.17. The molecule has 106 valence electrons. The van der Waals surface area contributed by atoms with E-state index in [2.05, 4.69) is 15.9 Å². The Hall–Kier alpha value is -1.26. The van der Waals surface area contributed by atoms with Crippen LogP contribution in [0.5, 0.6) is 0 Å². The Balaban J connectivity index is 2.32. The number of halogens is 3. The average Bonchev–Trinajstić information content (AvgIpc) is 2.38. The smallest absolute Gasteiger partial charge is 0.143 e. The van der Waals surface area contributed by atoms with Crippen molar-refractivity contribution in [2.75, 3.05) is 0 Å². The van der Waals surface area contributed by atoms with Crippen LogP contribution in [-0.4, -0.2) is 0 Å². The number of hydrogen-bond donors (Lipinski definition) is 1. The zero-order chi connectivity index (χ0) is 14.9. The lowest BCUT2D eigenvalue weighted by atomic mass is 9.96. The van der Waals surface area contributed by atoms with Crippen LogP contribution in [0.1, 0.15) is 28.3 Å². The summed E-state index contributed by atoms with van der Waals surface area (Å²) in [7, 11) is 0. The zero-order valence-corrected chi connectivity index (χ0v) is 13.0. The third-order valence-corrected chi connectivity index (χ3v) is 3.85. The van der Waals surface area contributed by atoms with Crippen molar-refractivity contribution in [3.05, 3.63) is 68.7 Å². The van der Waals surface area contributed by atoms with E-state index >= 15 is 0 Å². The molecule has 0 aliphatic rings. The standard InChI is InChI=1S/C16H16BrF2N/c1-9-5-10(2)7-11(6-9)15(20)8-12-14(18)4-3-13(17)16(12)19/h3-7,15H,8,20H2,1-2H3. The molecule has 0 fully saturated rings. The number of hydrogen-bond acceptors (Lipinski definition) is 1. The van der Waals surface area contributed by atoms with Crippen LogP contribution >= 0.6 is 15.9 Å². The van der Waals surface area contributed by atoms with Gasteiger partial charge in [0.05, 0.1) is 4.47 Å². The van der Waals surface area contributed by atoms with Crippen molar-refractivity contribution >= 4 is 15.9 Å². The lowest BCUT2D eigenvalue weighted by Crippen LogP contribution is -2.15. The first-order valence-electron chi connectivity index (χ1n) is 6.34. The molecule has 2 aromatic carbocycles. The van der Waals surface area contributed by atoms with E-state index in [0.717, 1.165) is 16.7 Å². The van der Waals surface area contributed by atoms with Crippen molar-refractivity contribution in [1.82, 2.24) is 0 Å². The van der Waals surface area contributed by atoms with Gasteiger partial charge in [-0.15, -0.1) is 0 Å². The van der Waals surface area contributed by atoms with E-state index in [1.807, 2.05) is 32.0 Å². The van der Waals surface area contributed by atoms with Crippen molar-refractivity contribution in [3.63, 3.8) is 0 Å². The van der Waals surface area contributed by atoms with Crippen LogP contribution in [0.4, 0.5) is 8.78 Å². The molecule has 0 heterocycles. The number of nitrogens with two attached hydrogens (primary N) is 1. The molecule has 0 bridgehead atoms. The molecule has 0 aromatic heterocycles. The van der Waals surface area contributed by atoms with E-state index < -0.39 is 17.7 Å². The highest BCUT2D eigenvalue weighted by molar-refractivity contribution is 9.10. The van der Waals surface area contributed by atoms with Crippen molar-refractivity contribution < 1.29 is 8.78 Å². The van der Waals surface area contributed by atoms with Crippen molar-refractivity contribution in [3.8, 4) is 0 Å². The van der Waals surface area contributed by atoms with Gasteiger partial charge in [-0.05, 0) is 53.9 Å². The molecular formula is C16H16BrF2N. The fraction of sp³-hybridized carbons (Fsp3) is 0.250. The Morgan fingerprint density at radius 2 is 1.70 bits per heavy atom. The van der Waals surface area contributed by atoms with E-state index in [9.17, 15) is 8.78 Å². The second-order valence-corrected chi connectivity index (χ2v) is 5.91. The van der Waals surface area contributed by atoms with E-state index in [1.165, 1.54) is 12.1 Å². The summed E-state index contributed by atoms with van der Waals surface area (Å²) in [6.45, 7) is 3.95. The van der Waals surface area contributed by atoms with Crippen molar-refractivity contribution in [2.45, 2.75) is 26.3 Å². The maximum atomic E-state index is 14.0. The molecule has 20 heavy (non-hydrogen) atoms. The van der Waals surface area contributed by atoms with Crippen LogP contribution in [0, 0.1) is 25.5 Å². The van der Waals surface area contributed by atoms with E-state index in [-0.39, 0.29) is 16.5 Å². The molecule has 2 N–H and O–H groups in total. The second-order valence-electron chi connectivity index (χ2n) is 5.05. The number of aryl methyl sites for hydroxylation is 2. The normalized spacial score (nSPS) is 12.5. The summed E-state index contributed by atoms with van der Waals surface area (Å²) < 4.78 is 28.0. The Kier molecular flexibility index (Phi) is 4.55. The summed E-state index contributed by atoms with van der Waals surface area (Å²) in [6, 6.07) is 8.10. The third kappa shape index (κ3) is 3.25. The SMILES string of the molecule is Cc1cc(C)cc(C(N)Cc2c(F)ccc(Br)c2F)c1. The summed E-state index contributed by atoms with van der Waals surface area (Å²) in [5.74, 6) is -1.14. The number of rotatable bonds is 3. The maximum absolute atomic E-state index is 14.0. The van der Waals surface area contributed by atoms with Crippen LogP contribution in [0.2, 0.25) is 0 Å². The zero-order valence-electron chi connectivity index (χ0n) is 11.4. The molecule has 0 amide bonds. The summed E-state index contributed by atoms with van der Waals surface area (Å²) >= 11 is 3.07. The first kappa shape index (κ1) is 15.1. The van der Waals surface area contributed by atoms with Gasteiger partial charge >= 0.3 is 0 Å². The molecule has 1 unspecified atom stereocenters. The van der Waals surface area contributed by atoms with Gasteiger partial charge in [0.1, 0.15) is 11.6 Å². The first-order valence-corrected chi connectivity index (χ1v) is 7.14. The Morgan fingerprint density at radius 3 is 2.30 bits per heavy atom. The quantitative estimate of drug-likeness (QED) is 0.813. The van der Waals surface area contributed by atoms with Crippen LogP contribution in [-0.2, 0) is 6.42 Å². The van der Waals surface area contributed by atoms with Crippen LogP contribution in [0.3, 0.4) is 0 Å². The summed E-state index contributed by atoms with van der Waals surface area (Å²) in [6.07, 6.45) is 0.125. The van der Waals surface area contributed by atoms with Gasteiger partial charge in [-0.1, -0.05) is 29.3 Å². The Morgan fingerprint density at radius 1 is 1.10 bits per heavy atom. The van der Waals surface area contributed by atoms with Gasteiger partial charge in [0.25, 0.3) is 0 Å². The van der Waals surface area contributed by atoms with E-state index in [4.69, 9.17) is 5.73 Å². The molecule has 0 spiro atoms. The molecule has 1 atom stereocenters. The predicted molar refractivity (Wildman–Crippen MR) is 80.6 cm³/mol. The largest absolute Gasteiger partial charge is 0.324 e. The summed E-state index contributed by atoms with van der Waals surface area (Å²) in [5.41, 5.74) is 9.19. The van der Waals surface area contributed by atoms with Crippen LogP contribution in [0.25, 0.3) is 0 Å². The number of benzene rings is 2. The fourth-order valence-corrected chi connectivity index (χ4v) is 2.69. The minimum absolute atomic E-state index is 0.0195. The monoisotopic (exact) mass is 339 g/mol. The average molecular weight is 340 g/mol. The molecule has 0 radical (unpaired) electrons. The highest BCUT2D eigenvalue weighted by atomic mass is 79.9. The van der Waals surface area contributed by atoms with Gasteiger partial charge in [-0.2, -0.15) is 0 Å². The molecule has 2 rings (SSSR count). The lowest BCUT2D eigenvalue weighted by Gasteiger charge is -2.15. The molecule has 2 aromatic rings. The van der Waals surface area contributed by atoms with Crippen molar-refractivity contribution in [2.24, 2.45) is 5.73 Å². The Bertz CT molecular complexity index is 620. The summed E-state index contributed by atoms with van der Waals surface area (Å²) in [4.78, 5) is 0. The first-order chi connectivity index (χ1) is 9.38.